The summed E-state index contributed by atoms with van der Waals surface area (Å²) in [4.78, 5) is 28.4. The molecule has 1 aromatic heterocycles. The minimum atomic E-state index is -0.432. The smallest absolute Gasteiger partial charge is 0.414 e. The van der Waals surface area contributed by atoms with E-state index < -0.39 is 12.2 Å². The predicted molar refractivity (Wildman–Crippen MR) is 125 cm³/mol. The molecule has 3 rings (SSSR count). The van der Waals surface area contributed by atoms with Crippen molar-refractivity contribution in [3.05, 3.63) is 45.6 Å². The van der Waals surface area contributed by atoms with Crippen molar-refractivity contribution in [1.82, 2.24) is 10.2 Å². The van der Waals surface area contributed by atoms with Crippen LogP contribution in [0.15, 0.2) is 36.4 Å². The summed E-state index contributed by atoms with van der Waals surface area (Å²) in [6.07, 6.45) is -0.141. The van der Waals surface area contributed by atoms with E-state index in [1.807, 2.05) is 43.1 Å². The van der Waals surface area contributed by atoms with Crippen molar-refractivity contribution in [2.24, 2.45) is 0 Å². The first-order chi connectivity index (χ1) is 14.9. The number of halogens is 1. The average molecular weight is 464 g/mol. The largest absolute Gasteiger partial charge is 0.442 e. The molecule has 1 fully saturated rings. The van der Waals surface area contributed by atoms with Gasteiger partial charge in [-0.15, -0.1) is 11.3 Å². The molecule has 2 heterocycles. The lowest BCUT2D eigenvalue weighted by molar-refractivity contribution is 0.0920. The highest BCUT2D eigenvalue weighted by atomic mass is 35.5. The molecule has 31 heavy (non-hydrogen) atoms. The molecule has 0 aliphatic carbocycles. The Labute approximate surface area is 190 Å². The zero-order valence-corrected chi connectivity index (χ0v) is 19.1. The molecule has 166 valence electrons. The topological polar surface area (TPSA) is 97.8 Å². The number of benzene rings is 1. The van der Waals surface area contributed by atoms with Crippen LogP contribution in [0.5, 0.6) is 0 Å². The van der Waals surface area contributed by atoms with Crippen LogP contribution in [0.1, 0.15) is 23.0 Å². The molecule has 8 nitrogen and oxygen atoms in total. The van der Waals surface area contributed by atoms with Crippen LogP contribution in [0, 0.1) is 5.41 Å². The molecule has 1 atom stereocenters. The van der Waals surface area contributed by atoms with Crippen molar-refractivity contribution in [3.63, 3.8) is 0 Å². The number of nitrogens with zero attached hydrogens (tertiary/aromatic N) is 2. The second-order valence-corrected chi connectivity index (χ2v) is 8.84. The van der Waals surface area contributed by atoms with Gasteiger partial charge in [-0.25, -0.2) is 4.79 Å². The molecule has 2 aromatic rings. The van der Waals surface area contributed by atoms with E-state index in [4.69, 9.17) is 21.7 Å². The maximum Gasteiger partial charge on any atom is 0.414 e. The fraction of sp³-hybridized carbons (Fsp3) is 0.381. The summed E-state index contributed by atoms with van der Waals surface area (Å²) in [5, 5.41) is 13.9. The van der Waals surface area contributed by atoms with Crippen molar-refractivity contribution in [3.8, 4) is 0 Å². The van der Waals surface area contributed by atoms with Crippen molar-refractivity contribution in [2.75, 3.05) is 43.4 Å². The molecular formula is C21H26ClN5O3S. The van der Waals surface area contributed by atoms with Crippen molar-refractivity contribution < 1.29 is 14.3 Å². The number of rotatable bonds is 9. The van der Waals surface area contributed by atoms with Gasteiger partial charge >= 0.3 is 6.09 Å². The number of anilines is 2. The molecule has 10 heteroatoms. The standard InChI is InChI=1S/C21H26ClN5O3S/c1-3-19(23)26(2)11-10-24-14-4-6-15(7-5-14)27-13-16(30-21(27)29)12-25-20(28)17-8-9-18(22)31-17/h4-9,16,23-24H,3,10-13H2,1-2H3,(H,25,28). The number of carbonyl (C=O) groups excluding carboxylic acids is 2. The summed E-state index contributed by atoms with van der Waals surface area (Å²) in [6.45, 7) is 4.00. The third kappa shape index (κ3) is 6.11. The molecule has 0 bridgehead atoms. The summed E-state index contributed by atoms with van der Waals surface area (Å²) in [5.74, 6) is 0.371. The Hall–Kier alpha value is -2.78. The highest BCUT2D eigenvalue weighted by molar-refractivity contribution is 7.18. The van der Waals surface area contributed by atoms with Crippen molar-refractivity contribution in [1.29, 1.82) is 5.41 Å². The number of hydrogen-bond donors (Lipinski definition) is 3. The van der Waals surface area contributed by atoms with Crippen LogP contribution in [-0.2, 0) is 4.74 Å². The van der Waals surface area contributed by atoms with Gasteiger partial charge in [0, 0.05) is 37.9 Å². The fourth-order valence-electron chi connectivity index (χ4n) is 3.10. The van der Waals surface area contributed by atoms with Crippen LogP contribution in [0.2, 0.25) is 4.34 Å². The number of carbonyl (C=O) groups is 2. The third-order valence-corrected chi connectivity index (χ3v) is 6.14. The first-order valence-corrected chi connectivity index (χ1v) is 11.2. The number of nitrogens with one attached hydrogen (secondary N) is 3. The SMILES string of the molecule is CCC(=N)N(C)CCNc1ccc(N2CC(CNC(=O)c3ccc(Cl)s3)OC2=O)cc1. The molecule has 3 N–H and O–H groups in total. The van der Waals surface area contributed by atoms with Gasteiger partial charge in [-0.2, -0.15) is 0 Å². The Bertz CT molecular complexity index is 933. The maximum absolute atomic E-state index is 12.3. The summed E-state index contributed by atoms with van der Waals surface area (Å²) in [7, 11) is 1.91. The van der Waals surface area contributed by atoms with E-state index in [1.54, 1.807) is 17.0 Å². The Morgan fingerprint density at radius 1 is 1.32 bits per heavy atom. The predicted octanol–water partition coefficient (Wildman–Crippen LogP) is 3.89. The van der Waals surface area contributed by atoms with Gasteiger partial charge in [-0.1, -0.05) is 18.5 Å². The van der Waals surface area contributed by atoms with Crippen LogP contribution >= 0.6 is 22.9 Å². The lowest BCUT2D eigenvalue weighted by atomic mass is 10.2. The number of amides is 2. The highest BCUT2D eigenvalue weighted by Gasteiger charge is 2.32. The summed E-state index contributed by atoms with van der Waals surface area (Å²) < 4.78 is 5.93. The van der Waals surface area contributed by atoms with E-state index in [0.29, 0.717) is 34.6 Å². The van der Waals surface area contributed by atoms with Crippen molar-refractivity contribution in [2.45, 2.75) is 19.4 Å². The lowest BCUT2D eigenvalue weighted by Crippen LogP contribution is -2.34. The van der Waals surface area contributed by atoms with Gasteiger partial charge in [0.15, 0.2) is 0 Å². The Morgan fingerprint density at radius 2 is 2.06 bits per heavy atom. The van der Waals surface area contributed by atoms with Gasteiger partial charge in [0.25, 0.3) is 5.91 Å². The summed E-state index contributed by atoms with van der Waals surface area (Å²) in [5.41, 5.74) is 1.67. The van der Waals surface area contributed by atoms with Gasteiger partial charge in [0.1, 0.15) is 6.10 Å². The van der Waals surface area contributed by atoms with Gasteiger partial charge in [-0.05, 0) is 36.4 Å². The maximum atomic E-state index is 12.3. The van der Waals surface area contributed by atoms with Crippen LogP contribution in [0.3, 0.4) is 0 Å². The van der Waals surface area contributed by atoms with E-state index in [0.717, 1.165) is 17.9 Å². The third-order valence-electron chi connectivity index (χ3n) is 4.91. The normalized spacial score (nSPS) is 15.5. The van der Waals surface area contributed by atoms with Gasteiger partial charge in [0.2, 0.25) is 0 Å². The van der Waals surface area contributed by atoms with Gasteiger partial charge in [0.05, 0.1) is 28.1 Å². The molecule has 0 radical (unpaired) electrons. The van der Waals surface area contributed by atoms with E-state index >= 15 is 0 Å². The first-order valence-electron chi connectivity index (χ1n) is 10.0. The van der Waals surface area contributed by atoms with Crippen LogP contribution in [0.25, 0.3) is 0 Å². The van der Waals surface area contributed by atoms with E-state index in [9.17, 15) is 9.59 Å². The molecule has 0 spiro atoms. The average Bonchev–Trinajstić information content (AvgIpc) is 3.37. The Morgan fingerprint density at radius 3 is 2.71 bits per heavy atom. The highest BCUT2D eigenvalue weighted by Crippen LogP contribution is 2.24. The fourth-order valence-corrected chi connectivity index (χ4v) is 4.06. The van der Waals surface area contributed by atoms with E-state index in [2.05, 4.69) is 10.6 Å². The zero-order valence-electron chi connectivity index (χ0n) is 17.5. The van der Waals surface area contributed by atoms with E-state index in [1.165, 1.54) is 11.3 Å². The molecule has 1 aliphatic rings. The number of amidine groups is 1. The molecular weight excluding hydrogens is 438 g/mol. The van der Waals surface area contributed by atoms with Gasteiger partial charge in [-0.3, -0.25) is 15.1 Å². The molecule has 1 aromatic carbocycles. The molecule has 1 unspecified atom stereocenters. The Kier molecular flexibility index (Phi) is 7.75. The monoisotopic (exact) mass is 463 g/mol. The number of likely N-dealkylation sites (N-methyl/N-ethyl adjacent to an activating group) is 1. The lowest BCUT2D eigenvalue weighted by Gasteiger charge is -2.19. The van der Waals surface area contributed by atoms with Crippen LogP contribution < -0.4 is 15.5 Å². The minimum absolute atomic E-state index is 0.233. The summed E-state index contributed by atoms with van der Waals surface area (Å²) in [6, 6.07) is 10.9. The van der Waals surface area contributed by atoms with Crippen LogP contribution in [-0.4, -0.2) is 62.1 Å². The van der Waals surface area contributed by atoms with Crippen molar-refractivity contribution >= 4 is 52.1 Å². The number of thiophene rings is 1. The minimum Gasteiger partial charge on any atom is -0.442 e. The molecule has 2 amide bonds. The second kappa shape index (κ2) is 10.5. The zero-order chi connectivity index (χ0) is 22.4. The van der Waals surface area contributed by atoms with E-state index in [-0.39, 0.29) is 12.5 Å². The Balaban J connectivity index is 1.47. The number of cyclic esters (lactones) is 1. The number of ether oxygens (including phenoxy) is 1. The quantitative estimate of drug-likeness (QED) is 0.387. The summed E-state index contributed by atoms with van der Waals surface area (Å²) >= 11 is 7.06. The van der Waals surface area contributed by atoms with Crippen LogP contribution in [0.4, 0.5) is 16.2 Å². The molecule has 0 saturated carbocycles. The first kappa shape index (κ1) is 22.9. The van der Waals surface area contributed by atoms with Gasteiger partial charge < -0.3 is 20.3 Å². The molecule has 1 saturated heterocycles. The molecule has 1 aliphatic heterocycles. The number of hydrogen-bond acceptors (Lipinski definition) is 6. The second-order valence-electron chi connectivity index (χ2n) is 7.13.